The van der Waals surface area contributed by atoms with Crippen molar-refractivity contribution in [1.29, 1.82) is 0 Å². The Kier molecular flexibility index (Phi) is 7.12. The maximum atomic E-state index is 3.67. The quantitative estimate of drug-likeness (QED) is 0.556. The van der Waals surface area contributed by atoms with E-state index < -0.39 is 0 Å². The molecular weight excluding hydrogens is 224 g/mol. The van der Waals surface area contributed by atoms with Crippen LogP contribution in [0.4, 0.5) is 0 Å². The lowest BCUT2D eigenvalue weighted by Gasteiger charge is -2.32. The minimum atomic E-state index is 0.564. The Labute approximate surface area is 92.6 Å². The van der Waals surface area contributed by atoms with Crippen LogP contribution in [0.5, 0.6) is 0 Å². The molecule has 0 nitrogen and oxygen atoms in total. The highest BCUT2D eigenvalue weighted by molar-refractivity contribution is 9.09. The molecule has 13 heavy (non-hydrogen) atoms. The summed E-state index contributed by atoms with van der Waals surface area (Å²) in [4.78, 5) is 0. The van der Waals surface area contributed by atoms with Crippen molar-refractivity contribution in [1.82, 2.24) is 0 Å². The van der Waals surface area contributed by atoms with E-state index in [1.54, 1.807) is 0 Å². The molecule has 0 radical (unpaired) electrons. The minimum absolute atomic E-state index is 0.564. The van der Waals surface area contributed by atoms with E-state index in [9.17, 15) is 0 Å². The summed E-state index contributed by atoms with van der Waals surface area (Å²) >= 11 is 3.67. The van der Waals surface area contributed by atoms with Gasteiger partial charge in [-0.25, -0.2) is 0 Å². The van der Waals surface area contributed by atoms with Gasteiger partial charge < -0.3 is 0 Å². The van der Waals surface area contributed by atoms with Crippen molar-refractivity contribution >= 4 is 15.9 Å². The van der Waals surface area contributed by atoms with Crippen LogP contribution < -0.4 is 0 Å². The van der Waals surface area contributed by atoms with Gasteiger partial charge in [0.2, 0.25) is 0 Å². The SMILES string of the molecule is CCCC(C)CC(CC)(CC)CBr. The first-order valence-electron chi connectivity index (χ1n) is 5.70. The summed E-state index contributed by atoms with van der Waals surface area (Å²) in [5, 5.41) is 1.17. The van der Waals surface area contributed by atoms with Crippen molar-refractivity contribution < 1.29 is 0 Å². The average molecular weight is 249 g/mol. The standard InChI is InChI=1S/C12H25Br/c1-5-8-11(4)9-12(6-2,7-3)10-13/h11H,5-10H2,1-4H3. The van der Waals surface area contributed by atoms with Gasteiger partial charge in [0.1, 0.15) is 0 Å². The molecule has 0 saturated heterocycles. The summed E-state index contributed by atoms with van der Waals surface area (Å²) in [6.45, 7) is 9.32. The molecule has 0 spiro atoms. The molecule has 1 heteroatoms. The van der Waals surface area contributed by atoms with Gasteiger partial charge in [-0.1, -0.05) is 56.5 Å². The molecule has 0 heterocycles. The van der Waals surface area contributed by atoms with Crippen LogP contribution in [-0.2, 0) is 0 Å². The highest BCUT2D eigenvalue weighted by atomic mass is 79.9. The van der Waals surface area contributed by atoms with Gasteiger partial charge in [-0.3, -0.25) is 0 Å². The smallest absolute Gasteiger partial charge is 0.00878 e. The zero-order chi connectivity index (χ0) is 10.3. The van der Waals surface area contributed by atoms with Crippen molar-refractivity contribution in [3.63, 3.8) is 0 Å². The molecule has 0 rings (SSSR count). The molecule has 0 fully saturated rings. The van der Waals surface area contributed by atoms with Crippen LogP contribution in [-0.4, -0.2) is 5.33 Å². The maximum absolute atomic E-state index is 3.67. The Balaban J connectivity index is 4.07. The summed E-state index contributed by atoms with van der Waals surface area (Å²) in [6.07, 6.45) is 6.71. The molecule has 0 aliphatic carbocycles. The minimum Gasteiger partial charge on any atom is -0.0922 e. The first-order valence-corrected chi connectivity index (χ1v) is 6.82. The molecular formula is C12H25Br. The van der Waals surface area contributed by atoms with Crippen LogP contribution in [0.25, 0.3) is 0 Å². The molecule has 1 atom stereocenters. The summed E-state index contributed by atoms with van der Waals surface area (Å²) in [7, 11) is 0. The Morgan fingerprint density at radius 2 is 1.69 bits per heavy atom. The second kappa shape index (κ2) is 6.86. The van der Waals surface area contributed by atoms with Crippen molar-refractivity contribution in [3.8, 4) is 0 Å². The van der Waals surface area contributed by atoms with Crippen molar-refractivity contribution in [2.45, 2.75) is 59.8 Å². The topological polar surface area (TPSA) is 0 Å². The molecule has 0 amide bonds. The summed E-state index contributed by atoms with van der Waals surface area (Å²) < 4.78 is 0. The number of rotatable bonds is 7. The normalized spacial score (nSPS) is 14.5. The molecule has 0 saturated carbocycles. The van der Waals surface area contributed by atoms with E-state index >= 15 is 0 Å². The van der Waals surface area contributed by atoms with E-state index in [0.29, 0.717) is 5.41 Å². The molecule has 1 unspecified atom stereocenters. The Hall–Kier alpha value is 0.480. The van der Waals surface area contributed by atoms with Crippen LogP contribution >= 0.6 is 15.9 Å². The number of hydrogen-bond acceptors (Lipinski definition) is 0. The van der Waals surface area contributed by atoms with Crippen molar-refractivity contribution in [3.05, 3.63) is 0 Å². The Bertz CT molecular complexity index is 108. The van der Waals surface area contributed by atoms with E-state index in [1.165, 1.54) is 37.4 Å². The zero-order valence-corrected chi connectivity index (χ0v) is 11.3. The van der Waals surface area contributed by atoms with Gasteiger partial charge >= 0.3 is 0 Å². The molecule has 0 N–H and O–H groups in total. The number of halogens is 1. The van der Waals surface area contributed by atoms with Crippen molar-refractivity contribution in [2.24, 2.45) is 11.3 Å². The van der Waals surface area contributed by atoms with Crippen LogP contribution in [0.15, 0.2) is 0 Å². The van der Waals surface area contributed by atoms with E-state index in [1.807, 2.05) is 0 Å². The second-order valence-electron chi connectivity index (χ2n) is 4.44. The van der Waals surface area contributed by atoms with Crippen LogP contribution in [0, 0.1) is 11.3 Å². The lowest BCUT2D eigenvalue weighted by molar-refractivity contribution is 0.230. The van der Waals surface area contributed by atoms with Gasteiger partial charge in [0.05, 0.1) is 0 Å². The largest absolute Gasteiger partial charge is 0.0922 e. The third-order valence-electron chi connectivity index (χ3n) is 3.35. The fraction of sp³-hybridized carbons (Fsp3) is 1.00. The molecule has 0 aromatic heterocycles. The molecule has 0 aliphatic rings. The zero-order valence-electron chi connectivity index (χ0n) is 9.70. The maximum Gasteiger partial charge on any atom is 0.00878 e. The van der Waals surface area contributed by atoms with Crippen LogP contribution in [0.3, 0.4) is 0 Å². The van der Waals surface area contributed by atoms with Gasteiger partial charge in [-0.15, -0.1) is 0 Å². The first kappa shape index (κ1) is 13.5. The first-order chi connectivity index (χ1) is 6.14. The summed E-state index contributed by atoms with van der Waals surface area (Å²) in [6, 6.07) is 0. The van der Waals surface area contributed by atoms with E-state index in [-0.39, 0.29) is 0 Å². The highest BCUT2D eigenvalue weighted by Gasteiger charge is 2.26. The van der Waals surface area contributed by atoms with E-state index in [0.717, 1.165) is 5.92 Å². The molecule has 0 aromatic carbocycles. The average Bonchev–Trinajstić information content (AvgIpc) is 2.15. The van der Waals surface area contributed by atoms with Gasteiger partial charge in [-0.05, 0) is 30.6 Å². The second-order valence-corrected chi connectivity index (χ2v) is 5.00. The van der Waals surface area contributed by atoms with Gasteiger partial charge in [0, 0.05) is 5.33 Å². The highest BCUT2D eigenvalue weighted by Crippen LogP contribution is 2.36. The third kappa shape index (κ3) is 4.49. The predicted molar refractivity (Wildman–Crippen MR) is 65.5 cm³/mol. The lowest BCUT2D eigenvalue weighted by atomic mass is 9.76. The van der Waals surface area contributed by atoms with Crippen molar-refractivity contribution in [2.75, 3.05) is 5.33 Å². The monoisotopic (exact) mass is 248 g/mol. The molecule has 0 aliphatic heterocycles. The lowest BCUT2D eigenvalue weighted by Crippen LogP contribution is -2.23. The third-order valence-corrected chi connectivity index (χ3v) is 4.54. The number of hydrogen-bond donors (Lipinski definition) is 0. The predicted octanol–water partition coefficient (Wildman–Crippen LogP) is 5.01. The van der Waals surface area contributed by atoms with E-state index in [2.05, 4.69) is 43.6 Å². The van der Waals surface area contributed by atoms with Gasteiger partial charge in [0.15, 0.2) is 0 Å². The van der Waals surface area contributed by atoms with E-state index in [4.69, 9.17) is 0 Å². The fourth-order valence-corrected chi connectivity index (χ4v) is 3.14. The summed E-state index contributed by atoms with van der Waals surface area (Å²) in [5.74, 6) is 0.891. The van der Waals surface area contributed by atoms with Gasteiger partial charge in [0.25, 0.3) is 0 Å². The Morgan fingerprint density at radius 1 is 1.15 bits per heavy atom. The number of alkyl halides is 1. The summed E-state index contributed by atoms with van der Waals surface area (Å²) in [5.41, 5.74) is 0.564. The fourth-order valence-electron chi connectivity index (χ4n) is 2.12. The van der Waals surface area contributed by atoms with Crippen LogP contribution in [0.1, 0.15) is 59.8 Å². The Morgan fingerprint density at radius 3 is 2.00 bits per heavy atom. The molecule has 80 valence electrons. The van der Waals surface area contributed by atoms with Crippen LogP contribution in [0.2, 0.25) is 0 Å². The molecule has 0 bridgehead atoms. The molecule has 0 aromatic rings. The van der Waals surface area contributed by atoms with Gasteiger partial charge in [-0.2, -0.15) is 0 Å².